The van der Waals surface area contributed by atoms with Gasteiger partial charge in [-0.2, -0.15) is 5.10 Å². The lowest BCUT2D eigenvalue weighted by atomic mass is 10.00. The van der Waals surface area contributed by atoms with Gasteiger partial charge in [0.2, 0.25) is 0 Å². The predicted molar refractivity (Wildman–Crippen MR) is 97.2 cm³/mol. The lowest BCUT2D eigenvalue weighted by Crippen LogP contribution is -2.45. The van der Waals surface area contributed by atoms with Gasteiger partial charge in [0.25, 0.3) is 5.91 Å². The first-order chi connectivity index (χ1) is 12.1. The molecule has 0 aliphatic carbocycles. The zero-order valence-corrected chi connectivity index (χ0v) is 15.1. The van der Waals surface area contributed by atoms with E-state index in [2.05, 4.69) is 5.10 Å². The maximum atomic E-state index is 13.3. The van der Waals surface area contributed by atoms with Gasteiger partial charge in [-0.3, -0.25) is 9.48 Å². The Morgan fingerprint density at radius 3 is 2.72 bits per heavy atom. The van der Waals surface area contributed by atoms with E-state index < -0.39 is 0 Å². The van der Waals surface area contributed by atoms with Crippen LogP contribution in [0.25, 0.3) is 0 Å². The van der Waals surface area contributed by atoms with E-state index in [9.17, 15) is 9.90 Å². The van der Waals surface area contributed by atoms with Crippen LogP contribution >= 0.6 is 0 Å². The minimum absolute atomic E-state index is 0.0280. The van der Waals surface area contributed by atoms with Gasteiger partial charge >= 0.3 is 0 Å². The molecule has 1 aliphatic rings. The summed E-state index contributed by atoms with van der Waals surface area (Å²) in [5.74, 6) is 0.142. The third kappa shape index (κ3) is 3.76. The van der Waals surface area contributed by atoms with Gasteiger partial charge in [0, 0.05) is 13.1 Å². The van der Waals surface area contributed by atoms with Crippen molar-refractivity contribution in [3.63, 3.8) is 0 Å². The fourth-order valence-electron chi connectivity index (χ4n) is 3.54. The number of aromatic nitrogens is 2. The summed E-state index contributed by atoms with van der Waals surface area (Å²) in [6.07, 6.45) is 4.81. The van der Waals surface area contributed by atoms with Gasteiger partial charge in [-0.25, -0.2) is 0 Å². The number of aliphatic hydroxyl groups excluding tert-OH is 1. The average Bonchev–Trinajstić information content (AvgIpc) is 3.05. The second kappa shape index (κ2) is 7.83. The molecule has 1 aromatic heterocycles. The predicted octanol–water partition coefficient (Wildman–Crippen LogP) is 2.88. The Balaban J connectivity index is 1.92. The first-order valence-corrected chi connectivity index (χ1v) is 9.12. The number of hydrogen-bond donors (Lipinski definition) is 1. The summed E-state index contributed by atoms with van der Waals surface area (Å²) < 4.78 is 1.96. The van der Waals surface area contributed by atoms with Gasteiger partial charge in [0.05, 0.1) is 30.1 Å². The van der Waals surface area contributed by atoms with E-state index in [-0.39, 0.29) is 24.5 Å². The molecule has 1 aliphatic heterocycles. The largest absolute Gasteiger partial charge is 0.394 e. The van der Waals surface area contributed by atoms with E-state index in [1.165, 1.54) is 0 Å². The Kier molecular flexibility index (Phi) is 5.53. The first kappa shape index (κ1) is 17.7. The molecule has 0 bridgehead atoms. The Labute approximate surface area is 149 Å². The summed E-state index contributed by atoms with van der Waals surface area (Å²) in [5.41, 5.74) is 2.79. The molecule has 0 fully saturated rings. The minimum atomic E-state index is -0.216. The first-order valence-electron chi connectivity index (χ1n) is 9.12. The van der Waals surface area contributed by atoms with Crippen LogP contribution in [0.2, 0.25) is 0 Å². The highest BCUT2D eigenvalue weighted by Gasteiger charge is 2.30. The quantitative estimate of drug-likeness (QED) is 0.879. The van der Waals surface area contributed by atoms with Crippen LogP contribution in [0.15, 0.2) is 36.5 Å². The Bertz CT molecular complexity index is 709. The second-order valence-electron chi connectivity index (χ2n) is 7.10. The fraction of sp³-hybridized carbons (Fsp3) is 0.500. The van der Waals surface area contributed by atoms with Crippen molar-refractivity contribution in [2.45, 2.75) is 52.2 Å². The van der Waals surface area contributed by atoms with Crippen molar-refractivity contribution < 1.29 is 9.90 Å². The van der Waals surface area contributed by atoms with Gasteiger partial charge in [-0.05, 0) is 30.7 Å². The molecule has 0 unspecified atom stereocenters. The molecule has 134 valence electrons. The number of fused-ring (bicyclic) bond motifs is 1. The van der Waals surface area contributed by atoms with E-state index in [1.807, 2.05) is 53.8 Å². The normalized spacial score (nSPS) is 15.0. The van der Waals surface area contributed by atoms with E-state index in [1.54, 1.807) is 6.20 Å². The van der Waals surface area contributed by atoms with Crippen molar-refractivity contribution in [3.8, 4) is 0 Å². The van der Waals surface area contributed by atoms with Crippen molar-refractivity contribution in [1.29, 1.82) is 0 Å². The smallest absolute Gasteiger partial charge is 0.257 e. The molecular weight excluding hydrogens is 314 g/mol. The molecular formula is C20H27N3O2. The number of rotatable bonds is 6. The Hall–Kier alpha value is -2.14. The molecule has 0 saturated heterocycles. The average molecular weight is 341 g/mol. The number of aryl methyl sites for hydroxylation is 1. The van der Waals surface area contributed by atoms with Gasteiger partial charge < -0.3 is 10.0 Å². The summed E-state index contributed by atoms with van der Waals surface area (Å²) >= 11 is 0. The number of benzene rings is 1. The second-order valence-corrected chi connectivity index (χ2v) is 7.10. The zero-order chi connectivity index (χ0) is 17.8. The lowest BCUT2D eigenvalue weighted by Gasteiger charge is -2.33. The van der Waals surface area contributed by atoms with Crippen LogP contribution in [0.1, 0.15) is 48.3 Å². The van der Waals surface area contributed by atoms with Gasteiger partial charge in [0.1, 0.15) is 0 Å². The molecule has 2 heterocycles. The van der Waals surface area contributed by atoms with Crippen molar-refractivity contribution >= 4 is 5.91 Å². The fourth-order valence-corrected chi connectivity index (χ4v) is 3.54. The van der Waals surface area contributed by atoms with Crippen LogP contribution in [0.3, 0.4) is 0 Å². The molecule has 0 spiro atoms. The maximum absolute atomic E-state index is 13.3. The monoisotopic (exact) mass is 341 g/mol. The van der Waals surface area contributed by atoms with Gasteiger partial charge in [-0.1, -0.05) is 44.2 Å². The molecule has 25 heavy (non-hydrogen) atoms. The van der Waals surface area contributed by atoms with Crippen LogP contribution in [-0.4, -0.2) is 38.3 Å². The lowest BCUT2D eigenvalue weighted by molar-refractivity contribution is 0.0480. The maximum Gasteiger partial charge on any atom is 0.257 e. The number of amides is 1. The Morgan fingerprint density at radius 2 is 2.04 bits per heavy atom. The summed E-state index contributed by atoms with van der Waals surface area (Å²) in [5, 5.41) is 14.3. The topological polar surface area (TPSA) is 58.4 Å². The standard InChI is InChI=1S/C20H27N3O2/c1-15(2)19(14-24)22(13-16-8-4-3-5-9-16)20(25)17-12-21-23-11-7-6-10-18(17)23/h3-5,8-9,12,15,19,24H,6-7,10-11,13-14H2,1-2H3/t19-/m1/s1. The number of carbonyl (C=O) groups is 1. The highest BCUT2D eigenvalue weighted by atomic mass is 16.3. The molecule has 0 saturated carbocycles. The van der Waals surface area contributed by atoms with Gasteiger partial charge in [-0.15, -0.1) is 0 Å². The summed E-state index contributed by atoms with van der Waals surface area (Å²) in [7, 11) is 0. The van der Waals surface area contributed by atoms with E-state index >= 15 is 0 Å². The molecule has 5 heteroatoms. The van der Waals surface area contributed by atoms with E-state index in [0.29, 0.717) is 12.1 Å². The third-order valence-corrected chi connectivity index (χ3v) is 5.03. The summed E-state index contributed by atoms with van der Waals surface area (Å²) in [6, 6.07) is 9.74. The Morgan fingerprint density at radius 1 is 1.28 bits per heavy atom. The molecule has 1 N–H and O–H groups in total. The van der Waals surface area contributed by atoms with Crippen LogP contribution in [0.4, 0.5) is 0 Å². The zero-order valence-electron chi connectivity index (χ0n) is 15.1. The van der Waals surface area contributed by atoms with E-state index in [0.717, 1.165) is 37.1 Å². The molecule has 2 aromatic rings. The SMILES string of the molecule is CC(C)[C@@H](CO)N(Cc1ccccc1)C(=O)c1cnn2c1CCCC2. The molecule has 0 radical (unpaired) electrons. The van der Waals surface area contributed by atoms with Crippen molar-refractivity contribution in [1.82, 2.24) is 14.7 Å². The van der Waals surface area contributed by atoms with Crippen molar-refractivity contribution in [2.75, 3.05) is 6.61 Å². The van der Waals surface area contributed by atoms with Crippen LogP contribution in [-0.2, 0) is 19.5 Å². The van der Waals surface area contributed by atoms with Crippen LogP contribution < -0.4 is 0 Å². The number of aliphatic hydroxyl groups is 1. The van der Waals surface area contributed by atoms with Crippen molar-refractivity contribution in [3.05, 3.63) is 53.3 Å². The molecule has 1 amide bonds. The molecule has 1 aromatic carbocycles. The molecule has 1 atom stereocenters. The van der Waals surface area contributed by atoms with Crippen LogP contribution in [0, 0.1) is 5.92 Å². The molecule has 5 nitrogen and oxygen atoms in total. The number of hydrogen-bond acceptors (Lipinski definition) is 3. The number of nitrogens with zero attached hydrogens (tertiary/aromatic N) is 3. The van der Waals surface area contributed by atoms with Gasteiger partial charge in [0.15, 0.2) is 0 Å². The van der Waals surface area contributed by atoms with E-state index in [4.69, 9.17) is 0 Å². The highest BCUT2D eigenvalue weighted by molar-refractivity contribution is 5.95. The number of carbonyl (C=O) groups excluding carboxylic acids is 1. The van der Waals surface area contributed by atoms with Crippen molar-refractivity contribution in [2.24, 2.45) is 5.92 Å². The summed E-state index contributed by atoms with van der Waals surface area (Å²) in [4.78, 5) is 15.2. The summed E-state index contributed by atoms with van der Waals surface area (Å²) in [6.45, 7) is 5.42. The van der Waals surface area contributed by atoms with Crippen LogP contribution in [0.5, 0.6) is 0 Å². The third-order valence-electron chi connectivity index (χ3n) is 5.03. The molecule has 3 rings (SSSR count). The minimum Gasteiger partial charge on any atom is -0.394 e. The highest BCUT2D eigenvalue weighted by Crippen LogP contribution is 2.23.